The van der Waals surface area contributed by atoms with Crippen molar-refractivity contribution in [2.24, 2.45) is 23.2 Å². The summed E-state index contributed by atoms with van der Waals surface area (Å²) in [6.45, 7) is 6.98. The van der Waals surface area contributed by atoms with Crippen molar-refractivity contribution in [3.05, 3.63) is 41.5 Å². The van der Waals surface area contributed by atoms with Gasteiger partial charge >= 0.3 is 0 Å². The predicted molar refractivity (Wildman–Crippen MR) is 114 cm³/mol. The number of carbonyl (C=O) groups is 1. The van der Waals surface area contributed by atoms with Crippen LogP contribution in [0.1, 0.15) is 63.5 Å². The molecule has 28 heavy (non-hydrogen) atoms. The summed E-state index contributed by atoms with van der Waals surface area (Å²) in [6.07, 6.45) is 11.5. The van der Waals surface area contributed by atoms with E-state index < -0.39 is 5.91 Å². The van der Waals surface area contributed by atoms with Gasteiger partial charge in [-0.25, -0.2) is 5.48 Å². The first kappa shape index (κ1) is 21.1. The van der Waals surface area contributed by atoms with Crippen LogP contribution in [-0.4, -0.2) is 29.6 Å². The molecule has 2 aliphatic rings. The van der Waals surface area contributed by atoms with Crippen molar-refractivity contribution in [2.45, 2.75) is 58.9 Å². The van der Waals surface area contributed by atoms with E-state index in [1.165, 1.54) is 50.2 Å². The Balaban J connectivity index is 1.53. The van der Waals surface area contributed by atoms with Gasteiger partial charge in [0.05, 0.1) is 0 Å². The third kappa shape index (κ3) is 5.68. The highest BCUT2D eigenvalue weighted by molar-refractivity contribution is 5.90. The SMILES string of the molecule is CCC1CC2CC(C1)CC(C)(CN(C)Cc1ccc(/C=C/C(=O)NO)cc1)C2. The lowest BCUT2D eigenvalue weighted by Gasteiger charge is -2.49. The number of benzene rings is 1. The molecule has 4 nitrogen and oxygen atoms in total. The number of rotatable bonds is 7. The van der Waals surface area contributed by atoms with Gasteiger partial charge in [-0.3, -0.25) is 10.0 Å². The van der Waals surface area contributed by atoms with Gasteiger partial charge in [-0.15, -0.1) is 0 Å². The van der Waals surface area contributed by atoms with Crippen molar-refractivity contribution < 1.29 is 10.0 Å². The lowest BCUT2D eigenvalue weighted by atomic mass is 9.59. The predicted octanol–water partition coefficient (Wildman–Crippen LogP) is 4.88. The zero-order valence-corrected chi connectivity index (χ0v) is 17.7. The number of fused-ring (bicyclic) bond motifs is 2. The Kier molecular flexibility index (Phi) is 6.95. The van der Waals surface area contributed by atoms with Crippen LogP contribution in [0, 0.1) is 23.2 Å². The maximum absolute atomic E-state index is 11.1. The maximum Gasteiger partial charge on any atom is 0.267 e. The first-order chi connectivity index (χ1) is 13.4. The van der Waals surface area contributed by atoms with E-state index in [2.05, 4.69) is 37.9 Å². The van der Waals surface area contributed by atoms with Crippen molar-refractivity contribution in [3.63, 3.8) is 0 Å². The summed E-state index contributed by atoms with van der Waals surface area (Å²) in [6, 6.07) is 8.28. The smallest absolute Gasteiger partial charge is 0.267 e. The molecule has 0 heterocycles. The number of hydrogen-bond acceptors (Lipinski definition) is 3. The van der Waals surface area contributed by atoms with E-state index in [1.807, 2.05) is 12.1 Å². The van der Waals surface area contributed by atoms with Crippen LogP contribution in [0.15, 0.2) is 30.3 Å². The highest BCUT2D eigenvalue weighted by atomic mass is 16.5. The Hall–Kier alpha value is -1.65. The molecule has 2 atom stereocenters. The molecule has 2 bridgehead atoms. The molecule has 2 aliphatic carbocycles. The van der Waals surface area contributed by atoms with Crippen molar-refractivity contribution in [2.75, 3.05) is 13.6 Å². The lowest BCUT2D eigenvalue weighted by Crippen LogP contribution is -2.42. The fourth-order valence-electron chi connectivity index (χ4n) is 5.94. The van der Waals surface area contributed by atoms with E-state index in [-0.39, 0.29) is 0 Å². The second-order valence-electron chi connectivity index (χ2n) is 9.66. The standard InChI is InChI=1S/C24H36N2O2/c1-4-18-11-21-13-22(12-18)15-24(2,14-21)17-26(3)16-20-7-5-19(6-8-20)9-10-23(27)25-28/h5-10,18,21-22,28H,4,11-17H2,1-3H3,(H,25,27)/b10-9+. The van der Waals surface area contributed by atoms with Gasteiger partial charge < -0.3 is 4.90 Å². The summed E-state index contributed by atoms with van der Waals surface area (Å²) in [5.74, 6) is 2.35. The van der Waals surface area contributed by atoms with Crippen molar-refractivity contribution in [1.82, 2.24) is 10.4 Å². The van der Waals surface area contributed by atoms with Crippen LogP contribution in [0.3, 0.4) is 0 Å². The van der Waals surface area contributed by atoms with Gasteiger partial charge in [0.15, 0.2) is 0 Å². The van der Waals surface area contributed by atoms with Gasteiger partial charge in [-0.1, -0.05) is 44.5 Å². The van der Waals surface area contributed by atoms with E-state index in [0.29, 0.717) is 5.41 Å². The van der Waals surface area contributed by atoms with Crippen LogP contribution < -0.4 is 5.48 Å². The zero-order valence-electron chi connectivity index (χ0n) is 17.7. The van der Waals surface area contributed by atoms with Gasteiger partial charge in [0, 0.05) is 19.2 Å². The number of carbonyl (C=O) groups excluding carboxylic acids is 1. The first-order valence-corrected chi connectivity index (χ1v) is 10.8. The minimum atomic E-state index is -0.514. The molecule has 1 aromatic carbocycles. The topological polar surface area (TPSA) is 52.6 Å². The van der Waals surface area contributed by atoms with Crippen LogP contribution in [0.4, 0.5) is 0 Å². The molecule has 2 fully saturated rings. The van der Waals surface area contributed by atoms with Crippen molar-refractivity contribution in [3.8, 4) is 0 Å². The normalized spacial score (nSPS) is 30.0. The number of nitrogens with one attached hydrogen (secondary N) is 1. The maximum atomic E-state index is 11.1. The molecule has 154 valence electrons. The Morgan fingerprint density at radius 3 is 2.43 bits per heavy atom. The first-order valence-electron chi connectivity index (χ1n) is 10.8. The van der Waals surface area contributed by atoms with E-state index in [1.54, 1.807) is 11.6 Å². The Morgan fingerprint density at radius 2 is 1.86 bits per heavy atom. The summed E-state index contributed by atoms with van der Waals surface area (Å²) in [4.78, 5) is 13.5. The number of nitrogens with zero attached hydrogens (tertiary/aromatic N) is 1. The Labute approximate surface area is 170 Å². The van der Waals surface area contributed by atoms with Crippen LogP contribution in [0.25, 0.3) is 6.08 Å². The summed E-state index contributed by atoms with van der Waals surface area (Å²) in [7, 11) is 2.24. The van der Waals surface area contributed by atoms with E-state index in [0.717, 1.165) is 36.4 Å². The highest BCUT2D eigenvalue weighted by Crippen LogP contribution is 2.51. The van der Waals surface area contributed by atoms with E-state index >= 15 is 0 Å². The van der Waals surface area contributed by atoms with Crippen LogP contribution in [0.5, 0.6) is 0 Å². The van der Waals surface area contributed by atoms with Crippen LogP contribution in [0.2, 0.25) is 0 Å². The van der Waals surface area contributed by atoms with E-state index in [9.17, 15) is 4.79 Å². The monoisotopic (exact) mass is 384 g/mol. The number of amides is 1. The average molecular weight is 385 g/mol. The lowest BCUT2D eigenvalue weighted by molar-refractivity contribution is -0.124. The molecule has 3 rings (SSSR count). The summed E-state index contributed by atoms with van der Waals surface area (Å²) in [5, 5.41) is 8.53. The summed E-state index contributed by atoms with van der Waals surface area (Å²) in [5.41, 5.74) is 4.29. The second kappa shape index (κ2) is 9.23. The molecule has 2 saturated carbocycles. The largest absolute Gasteiger partial charge is 0.302 e. The van der Waals surface area contributed by atoms with Gasteiger partial charge in [0.2, 0.25) is 0 Å². The zero-order chi connectivity index (χ0) is 20.1. The van der Waals surface area contributed by atoms with Crippen molar-refractivity contribution >= 4 is 12.0 Å². The van der Waals surface area contributed by atoms with Crippen LogP contribution in [-0.2, 0) is 11.3 Å². The van der Waals surface area contributed by atoms with E-state index in [4.69, 9.17) is 5.21 Å². The molecule has 0 aromatic heterocycles. The third-order valence-electron chi connectivity index (χ3n) is 6.76. The molecule has 1 aromatic rings. The minimum absolute atomic E-state index is 0.446. The summed E-state index contributed by atoms with van der Waals surface area (Å²) >= 11 is 0. The van der Waals surface area contributed by atoms with Gasteiger partial charge in [-0.2, -0.15) is 0 Å². The highest BCUT2D eigenvalue weighted by Gasteiger charge is 2.41. The molecule has 0 saturated heterocycles. The molecule has 0 spiro atoms. The minimum Gasteiger partial charge on any atom is -0.302 e. The number of hydroxylamine groups is 1. The quantitative estimate of drug-likeness (QED) is 0.400. The molecule has 2 N–H and O–H groups in total. The molecular weight excluding hydrogens is 348 g/mol. The average Bonchev–Trinajstić information content (AvgIpc) is 2.65. The Morgan fingerprint density at radius 1 is 1.21 bits per heavy atom. The molecule has 0 radical (unpaired) electrons. The molecule has 1 amide bonds. The molecular formula is C24H36N2O2. The van der Waals surface area contributed by atoms with Gasteiger partial charge in [-0.05, 0) is 79.5 Å². The molecule has 2 unspecified atom stereocenters. The van der Waals surface area contributed by atoms with Gasteiger partial charge in [0.25, 0.3) is 5.91 Å². The fourth-order valence-corrected chi connectivity index (χ4v) is 5.94. The summed E-state index contributed by atoms with van der Waals surface area (Å²) < 4.78 is 0. The number of hydrogen-bond donors (Lipinski definition) is 2. The van der Waals surface area contributed by atoms with Gasteiger partial charge in [0.1, 0.15) is 0 Å². The van der Waals surface area contributed by atoms with Crippen molar-refractivity contribution in [1.29, 1.82) is 0 Å². The molecule has 4 heteroatoms. The fraction of sp³-hybridized carbons (Fsp3) is 0.625. The Bertz CT molecular complexity index is 668. The van der Waals surface area contributed by atoms with Crippen LogP contribution >= 0.6 is 0 Å². The molecule has 0 aliphatic heterocycles. The second-order valence-corrected chi connectivity index (χ2v) is 9.66. The third-order valence-corrected chi connectivity index (χ3v) is 6.76.